The number of alkyl carbamates (subject to hydrolysis) is 1. The largest absolute Gasteiger partial charge is 0.444 e. The number of nitrogens with zero attached hydrogens (tertiary/aromatic N) is 4. The quantitative estimate of drug-likeness (QED) is 0.361. The van der Waals surface area contributed by atoms with Crippen LogP contribution in [0.2, 0.25) is 5.02 Å². The van der Waals surface area contributed by atoms with Crippen molar-refractivity contribution in [2.45, 2.75) is 51.8 Å². The summed E-state index contributed by atoms with van der Waals surface area (Å²) in [5.74, 6) is -0.574. The lowest BCUT2D eigenvalue weighted by Crippen LogP contribution is -2.49. The van der Waals surface area contributed by atoms with Crippen molar-refractivity contribution in [3.05, 3.63) is 68.7 Å². The van der Waals surface area contributed by atoms with Crippen LogP contribution in [0.3, 0.4) is 0 Å². The number of carbonyl (C=O) groups excluding carboxylic acids is 2. The van der Waals surface area contributed by atoms with E-state index in [2.05, 4.69) is 5.32 Å². The molecule has 0 aliphatic carbocycles. The number of halogens is 2. The third-order valence-electron chi connectivity index (χ3n) is 7.11. The maximum atomic E-state index is 14.2. The molecule has 2 aromatic heterocycles. The number of nitrogens with one attached hydrogen (secondary N) is 1. The number of hydrogen-bond donors (Lipinski definition) is 2. The van der Waals surface area contributed by atoms with Gasteiger partial charge in [0.25, 0.3) is 5.56 Å². The molecular weight excluding hydrogens is 551 g/mol. The van der Waals surface area contributed by atoms with E-state index in [0.29, 0.717) is 51.6 Å². The Kier molecular flexibility index (Phi) is 7.41. The Balaban J connectivity index is 1.65. The van der Waals surface area contributed by atoms with Gasteiger partial charge in [0.15, 0.2) is 0 Å². The average Bonchev–Trinajstić information content (AvgIpc) is 3.27. The third kappa shape index (κ3) is 5.72. The number of carbonyl (C=O) groups is 2. The van der Waals surface area contributed by atoms with Gasteiger partial charge in [-0.2, -0.15) is 0 Å². The Morgan fingerprint density at radius 3 is 2.68 bits per heavy atom. The van der Waals surface area contributed by atoms with E-state index in [1.54, 1.807) is 50.6 Å². The minimum Gasteiger partial charge on any atom is -0.444 e. The van der Waals surface area contributed by atoms with E-state index in [-0.39, 0.29) is 23.7 Å². The highest BCUT2D eigenvalue weighted by molar-refractivity contribution is 6.31. The second-order valence-electron chi connectivity index (χ2n) is 11.3. The van der Waals surface area contributed by atoms with Gasteiger partial charge in [-0.25, -0.2) is 14.2 Å². The first-order chi connectivity index (χ1) is 19.3. The summed E-state index contributed by atoms with van der Waals surface area (Å²) in [5, 5.41) is 3.95. The summed E-state index contributed by atoms with van der Waals surface area (Å²) in [6, 6.07) is 8.76. The van der Waals surface area contributed by atoms with E-state index in [1.807, 2.05) is 4.90 Å². The van der Waals surface area contributed by atoms with E-state index < -0.39 is 23.4 Å². The molecule has 4 aromatic rings. The summed E-state index contributed by atoms with van der Waals surface area (Å²) in [4.78, 5) is 45.1. The highest BCUT2D eigenvalue weighted by atomic mass is 35.5. The van der Waals surface area contributed by atoms with Gasteiger partial charge in [0.1, 0.15) is 22.5 Å². The first-order valence-electron chi connectivity index (χ1n) is 13.3. The molecule has 10 nitrogen and oxygen atoms in total. The van der Waals surface area contributed by atoms with Crippen molar-refractivity contribution in [2.75, 3.05) is 18.0 Å². The van der Waals surface area contributed by atoms with Crippen molar-refractivity contribution in [3.8, 4) is 0 Å². The summed E-state index contributed by atoms with van der Waals surface area (Å²) in [6.45, 7) is 6.54. The Labute approximate surface area is 240 Å². The minimum absolute atomic E-state index is 0.0865. The first-order valence-corrected chi connectivity index (χ1v) is 13.7. The summed E-state index contributed by atoms with van der Waals surface area (Å²) < 4.78 is 22.9. The number of anilines is 1. The van der Waals surface area contributed by atoms with Gasteiger partial charge in [-0.15, -0.1) is 0 Å². The van der Waals surface area contributed by atoms with Crippen LogP contribution in [0.1, 0.15) is 49.5 Å². The zero-order chi connectivity index (χ0) is 29.6. The standard InChI is InChI=1S/C29H32ClFN6O4/c1-29(2,3)41-28(40)33-19-6-5-11-36(15-19)27-34-23-20-9-7-16(25(32)38)13-22(20)35(4)26(39)24(23)37(27)14-17-12-18(31)8-10-21(17)30/h7-10,12-13,19H,5-6,11,14-15H2,1-4H3,(H2,32,38)(H,33,40)/t19-/m1/s1. The van der Waals surface area contributed by atoms with Crippen molar-refractivity contribution in [2.24, 2.45) is 12.8 Å². The van der Waals surface area contributed by atoms with E-state index in [4.69, 9.17) is 27.1 Å². The van der Waals surface area contributed by atoms with Crippen molar-refractivity contribution < 1.29 is 18.7 Å². The fraction of sp³-hybridized carbons (Fsp3) is 0.379. The number of hydrogen-bond acceptors (Lipinski definition) is 6. The van der Waals surface area contributed by atoms with Crippen LogP contribution in [-0.2, 0) is 18.3 Å². The number of imidazole rings is 1. The molecule has 216 valence electrons. The third-order valence-corrected chi connectivity index (χ3v) is 7.48. The fourth-order valence-corrected chi connectivity index (χ4v) is 5.43. The summed E-state index contributed by atoms with van der Waals surface area (Å²) in [7, 11) is 1.61. The SMILES string of the molecule is Cn1c(=O)c2c(nc(N3CCC[C@@H](NC(=O)OC(C)(C)C)C3)n2Cc2cc(F)ccc2Cl)c2ccc(C(N)=O)cc21. The Bertz CT molecular complexity index is 1740. The molecule has 0 saturated carbocycles. The molecule has 0 unspecified atom stereocenters. The Hall–Kier alpha value is -4.12. The summed E-state index contributed by atoms with van der Waals surface area (Å²) in [5.41, 5.74) is 6.51. The lowest BCUT2D eigenvalue weighted by Gasteiger charge is -2.34. The zero-order valence-corrected chi connectivity index (χ0v) is 24.1. The van der Waals surface area contributed by atoms with Crippen molar-refractivity contribution >= 4 is 51.5 Å². The number of pyridine rings is 1. The van der Waals surface area contributed by atoms with E-state index in [1.165, 1.54) is 22.8 Å². The Morgan fingerprint density at radius 1 is 1.22 bits per heavy atom. The van der Waals surface area contributed by atoms with Gasteiger partial charge in [0, 0.05) is 42.2 Å². The van der Waals surface area contributed by atoms with E-state index >= 15 is 0 Å². The molecule has 3 heterocycles. The predicted molar refractivity (Wildman–Crippen MR) is 156 cm³/mol. The number of aromatic nitrogens is 3. The molecule has 5 rings (SSSR count). The lowest BCUT2D eigenvalue weighted by molar-refractivity contribution is 0.0499. The molecular formula is C29H32ClFN6O4. The van der Waals surface area contributed by atoms with Crippen molar-refractivity contribution in [1.82, 2.24) is 19.4 Å². The zero-order valence-electron chi connectivity index (χ0n) is 23.3. The van der Waals surface area contributed by atoms with Gasteiger partial charge in [-0.3, -0.25) is 9.59 Å². The van der Waals surface area contributed by atoms with Crippen LogP contribution >= 0.6 is 11.6 Å². The maximum absolute atomic E-state index is 14.2. The van der Waals surface area contributed by atoms with Crippen molar-refractivity contribution in [3.63, 3.8) is 0 Å². The number of amides is 2. The van der Waals surface area contributed by atoms with Crippen LogP contribution in [0, 0.1) is 5.82 Å². The number of rotatable bonds is 5. The molecule has 1 fully saturated rings. The molecule has 1 saturated heterocycles. The number of benzene rings is 2. The molecule has 1 aliphatic heterocycles. The smallest absolute Gasteiger partial charge is 0.407 e. The highest BCUT2D eigenvalue weighted by Crippen LogP contribution is 2.31. The number of fused-ring (bicyclic) bond motifs is 3. The predicted octanol–water partition coefficient (Wildman–Crippen LogP) is 4.32. The second kappa shape index (κ2) is 10.7. The van der Waals surface area contributed by atoms with Crippen molar-refractivity contribution in [1.29, 1.82) is 0 Å². The topological polar surface area (TPSA) is 124 Å². The molecule has 12 heteroatoms. The van der Waals surface area contributed by atoms with E-state index in [0.717, 1.165) is 12.8 Å². The van der Waals surface area contributed by atoms with Crippen LogP contribution in [0.25, 0.3) is 21.9 Å². The molecule has 2 amide bonds. The highest BCUT2D eigenvalue weighted by Gasteiger charge is 2.29. The van der Waals surface area contributed by atoms with Gasteiger partial charge in [-0.05, 0) is 75.6 Å². The first kappa shape index (κ1) is 28.4. The Morgan fingerprint density at radius 2 is 1.98 bits per heavy atom. The van der Waals surface area contributed by atoms with Gasteiger partial charge in [0.05, 0.1) is 12.1 Å². The molecule has 0 bridgehead atoms. The van der Waals surface area contributed by atoms with Crippen LogP contribution in [0.5, 0.6) is 0 Å². The number of aryl methyl sites for hydroxylation is 1. The molecule has 3 N–H and O–H groups in total. The number of nitrogens with two attached hydrogens (primary N) is 1. The number of primary amides is 1. The molecule has 1 atom stereocenters. The molecule has 0 spiro atoms. The minimum atomic E-state index is -0.633. The molecule has 1 aliphatic rings. The molecule has 41 heavy (non-hydrogen) atoms. The fourth-order valence-electron chi connectivity index (χ4n) is 5.25. The van der Waals surface area contributed by atoms with Gasteiger partial charge >= 0.3 is 6.09 Å². The van der Waals surface area contributed by atoms with Crippen LogP contribution < -0.4 is 21.5 Å². The number of piperidine rings is 1. The van der Waals surface area contributed by atoms with Gasteiger partial charge < -0.3 is 29.8 Å². The molecule has 0 radical (unpaired) electrons. The second-order valence-corrected chi connectivity index (χ2v) is 11.7. The summed E-state index contributed by atoms with van der Waals surface area (Å²) >= 11 is 6.45. The lowest BCUT2D eigenvalue weighted by atomic mass is 10.1. The van der Waals surface area contributed by atoms with Crippen LogP contribution in [-0.4, -0.2) is 50.9 Å². The van der Waals surface area contributed by atoms with Crippen LogP contribution in [0.15, 0.2) is 41.2 Å². The normalized spacial score (nSPS) is 15.9. The monoisotopic (exact) mass is 582 g/mol. The molecule has 2 aromatic carbocycles. The van der Waals surface area contributed by atoms with Gasteiger partial charge in [-0.1, -0.05) is 11.6 Å². The van der Waals surface area contributed by atoms with E-state index in [9.17, 15) is 18.8 Å². The number of ether oxygens (including phenoxy) is 1. The summed E-state index contributed by atoms with van der Waals surface area (Å²) in [6.07, 6.45) is 0.992. The van der Waals surface area contributed by atoms with Crippen LogP contribution in [0.4, 0.5) is 15.1 Å². The van der Waals surface area contributed by atoms with Gasteiger partial charge in [0.2, 0.25) is 11.9 Å². The maximum Gasteiger partial charge on any atom is 0.407 e. The average molecular weight is 583 g/mol.